The van der Waals surface area contributed by atoms with Crippen molar-refractivity contribution in [3.8, 4) is 0 Å². The molecule has 1 amide bonds. The molecule has 3 fully saturated rings. The maximum atomic E-state index is 13.4. The fourth-order valence-electron chi connectivity index (χ4n) is 5.34. The van der Waals surface area contributed by atoms with Crippen LogP contribution >= 0.6 is 0 Å². The lowest BCUT2D eigenvalue weighted by molar-refractivity contribution is 0.102. The van der Waals surface area contributed by atoms with Crippen LogP contribution in [0.25, 0.3) is 0 Å². The molecule has 0 unspecified atom stereocenters. The number of anilines is 3. The van der Waals surface area contributed by atoms with Crippen molar-refractivity contribution in [1.29, 1.82) is 0 Å². The molecule has 1 saturated carbocycles. The molecule has 1 aromatic carbocycles. The number of β-amino-alcohol motifs (C(OH)–C–C–N with tert-alkyl or cyclic N) is 1. The van der Waals surface area contributed by atoms with Gasteiger partial charge in [0.25, 0.3) is 5.91 Å². The monoisotopic (exact) mass is 498 g/mol. The van der Waals surface area contributed by atoms with Crippen molar-refractivity contribution in [3.63, 3.8) is 0 Å². The van der Waals surface area contributed by atoms with Gasteiger partial charge in [-0.3, -0.25) is 4.79 Å². The van der Waals surface area contributed by atoms with Gasteiger partial charge in [0.2, 0.25) is 0 Å². The Morgan fingerprint density at radius 1 is 1.11 bits per heavy atom. The highest BCUT2D eigenvalue weighted by Crippen LogP contribution is 2.54. The molecule has 2 aromatic rings. The SMILES string of the molecule is CS(=O)(=O)Cc1ccc(C(=O)Nc2cccc(N3CCC[C@@H](O)C3)n2)c(N2CCC3(CC2)CC3)c1. The van der Waals surface area contributed by atoms with Gasteiger partial charge in [-0.15, -0.1) is 0 Å². The molecule has 1 aromatic heterocycles. The average Bonchev–Trinajstić information content (AvgIpc) is 3.57. The second-order valence-electron chi connectivity index (χ2n) is 10.5. The number of hydrogen-bond acceptors (Lipinski definition) is 7. The molecule has 188 valence electrons. The number of amides is 1. The number of hydrogen-bond donors (Lipinski definition) is 2. The minimum atomic E-state index is -3.19. The van der Waals surface area contributed by atoms with Gasteiger partial charge in [-0.2, -0.15) is 0 Å². The Bertz CT molecular complexity index is 1200. The Labute approximate surface area is 207 Å². The lowest BCUT2D eigenvalue weighted by Gasteiger charge is -2.35. The van der Waals surface area contributed by atoms with Crippen molar-refractivity contribution in [2.45, 2.75) is 50.4 Å². The second kappa shape index (κ2) is 9.43. The molecular formula is C26H34N4O4S. The average molecular weight is 499 g/mol. The number of carbonyl (C=O) groups is 1. The van der Waals surface area contributed by atoms with E-state index in [0.717, 1.165) is 56.8 Å². The van der Waals surface area contributed by atoms with Crippen LogP contribution in [0.2, 0.25) is 0 Å². The zero-order valence-corrected chi connectivity index (χ0v) is 21.1. The van der Waals surface area contributed by atoms with Crippen LogP contribution in [0.1, 0.15) is 54.4 Å². The van der Waals surface area contributed by atoms with E-state index >= 15 is 0 Å². The number of aromatic nitrogens is 1. The van der Waals surface area contributed by atoms with Gasteiger partial charge < -0.3 is 20.2 Å². The van der Waals surface area contributed by atoms with E-state index in [2.05, 4.69) is 15.2 Å². The minimum absolute atomic E-state index is 0.0506. The summed E-state index contributed by atoms with van der Waals surface area (Å²) < 4.78 is 23.8. The Balaban J connectivity index is 1.38. The number of benzene rings is 1. The summed E-state index contributed by atoms with van der Waals surface area (Å²) in [5, 5.41) is 12.9. The number of aliphatic hydroxyl groups excluding tert-OH is 1. The number of nitrogens with one attached hydrogen (secondary N) is 1. The number of carbonyl (C=O) groups excluding carboxylic acids is 1. The molecule has 1 aliphatic carbocycles. The first-order chi connectivity index (χ1) is 16.7. The normalized spacial score (nSPS) is 21.7. The lowest BCUT2D eigenvalue weighted by Crippen LogP contribution is -2.38. The summed E-state index contributed by atoms with van der Waals surface area (Å²) in [7, 11) is -3.19. The highest BCUT2D eigenvalue weighted by Gasteiger charge is 2.44. The molecule has 2 aliphatic heterocycles. The van der Waals surface area contributed by atoms with E-state index in [0.29, 0.717) is 28.9 Å². The van der Waals surface area contributed by atoms with Crippen LogP contribution in [-0.4, -0.2) is 63.0 Å². The van der Waals surface area contributed by atoms with E-state index in [1.807, 2.05) is 23.1 Å². The molecule has 9 heteroatoms. The zero-order chi connectivity index (χ0) is 24.6. The van der Waals surface area contributed by atoms with Gasteiger partial charge in [-0.05, 0) is 73.8 Å². The molecule has 1 atom stereocenters. The van der Waals surface area contributed by atoms with Crippen LogP contribution < -0.4 is 15.1 Å². The van der Waals surface area contributed by atoms with Gasteiger partial charge in [-0.1, -0.05) is 12.1 Å². The molecule has 5 rings (SSSR count). The van der Waals surface area contributed by atoms with Crippen LogP contribution in [0.5, 0.6) is 0 Å². The topological polar surface area (TPSA) is 103 Å². The first-order valence-electron chi connectivity index (χ1n) is 12.5. The third-order valence-corrected chi connectivity index (χ3v) is 8.41. The van der Waals surface area contributed by atoms with Crippen LogP contribution in [-0.2, 0) is 15.6 Å². The van der Waals surface area contributed by atoms with Crippen molar-refractivity contribution in [2.24, 2.45) is 5.41 Å². The standard InChI is InChI=1S/C26H34N4O4S/c1-35(33,34)18-19-7-8-21(22(16-19)29-14-11-26(9-10-26)12-15-29)25(32)28-23-5-2-6-24(27-23)30-13-3-4-20(31)17-30/h2,5-8,16,20,31H,3-4,9-15,17-18H2,1H3,(H,27,28,32)/t20-/m1/s1. The van der Waals surface area contributed by atoms with Crippen molar-refractivity contribution in [2.75, 3.05) is 47.6 Å². The van der Waals surface area contributed by atoms with E-state index < -0.39 is 9.84 Å². The first kappa shape index (κ1) is 24.1. The molecule has 8 nitrogen and oxygen atoms in total. The number of pyridine rings is 1. The summed E-state index contributed by atoms with van der Waals surface area (Å²) in [6.07, 6.45) is 7.35. The Morgan fingerprint density at radius 3 is 2.57 bits per heavy atom. The Morgan fingerprint density at radius 2 is 1.89 bits per heavy atom. The predicted octanol–water partition coefficient (Wildman–Crippen LogP) is 3.22. The summed E-state index contributed by atoms with van der Waals surface area (Å²) in [6, 6.07) is 10.8. The molecule has 3 heterocycles. The van der Waals surface area contributed by atoms with Gasteiger partial charge in [-0.25, -0.2) is 13.4 Å². The molecule has 35 heavy (non-hydrogen) atoms. The van der Waals surface area contributed by atoms with E-state index in [-0.39, 0.29) is 17.8 Å². The maximum Gasteiger partial charge on any atom is 0.258 e. The van der Waals surface area contributed by atoms with Gasteiger partial charge in [0.05, 0.1) is 17.4 Å². The smallest absolute Gasteiger partial charge is 0.258 e. The Kier molecular flexibility index (Phi) is 6.48. The quantitative estimate of drug-likeness (QED) is 0.630. The number of aliphatic hydroxyl groups is 1. The summed E-state index contributed by atoms with van der Waals surface area (Å²) in [6.45, 7) is 3.10. The summed E-state index contributed by atoms with van der Waals surface area (Å²) in [5.74, 6) is 0.872. The fourth-order valence-corrected chi connectivity index (χ4v) is 6.12. The highest BCUT2D eigenvalue weighted by atomic mass is 32.2. The van der Waals surface area contributed by atoms with Gasteiger partial charge in [0.1, 0.15) is 11.6 Å². The van der Waals surface area contributed by atoms with Gasteiger partial charge >= 0.3 is 0 Å². The summed E-state index contributed by atoms with van der Waals surface area (Å²) in [4.78, 5) is 22.3. The van der Waals surface area contributed by atoms with Crippen LogP contribution in [0.3, 0.4) is 0 Å². The predicted molar refractivity (Wildman–Crippen MR) is 138 cm³/mol. The Hall–Kier alpha value is -2.65. The second-order valence-corrected chi connectivity index (χ2v) is 12.6. The molecule has 2 saturated heterocycles. The van der Waals surface area contributed by atoms with Crippen LogP contribution in [0.15, 0.2) is 36.4 Å². The fraction of sp³-hybridized carbons (Fsp3) is 0.538. The summed E-state index contributed by atoms with van der Waals surface area (Å²) >= 11 is 0. The minimum Gasteiger partial charge on any atom is -0.391 e. The van der Waals surface area contributed by atoms with E-state index in [9.17, 15) is 18.3 Å². The molecule has 0 radical (unpaired) electrons. The van der Waals surface area contributed by atoms with Crippen molar-refractivity contribution < 1.29 is 18.3 Å². The number of rotatable bonds is 6. The molecule has 0 bridgehead atoms. The van der Waals surface area contributed by atoms with E-state index in [1.54, 1.807) is 18.2 Å². The largest absolute Gasteiger partial charge is 0.391 e. The number of sulfone groups is 1. The lowest BCUT2D eigenvalue weighted by atomic mass is 9.92. The molecular weight excluding hydrogens is 464 g/mol. The van der Waals surface area contributed by atoms with E-state index in [1.165, 1.54) is 19.1 Å². The zero-order valence-electron chi connectivity index (χ0n) is 20.2. The van der Waals surface area contributed by atoms with Gasteiger partial charge in [0, 0.05) is 38.1 Å². The van der Waals surface area contributed by atoms with Crippen molar-refractivity contribution >= 4 is 33.1 Å². The number of piperidine rings is 2. The molecule has 1 spiro atoms. The van der Waals surface area contributed by atoms with Crippen molar-refractivity contribution in [3.05, 3.63) is 47.5 Å². The van der Waals surface area contributed by atoms with Crippen LogP contribution in [0.4, 0.5) is 17.3 Å². The first-order valence-corrected chi connectivity index (χ1v) is 14.5. The highest BCUT2D eigenvalue weighted by molar-refractivity contribution is 7.89. The third kappa shape index (κ3) is 5.78. The summed E-state index contributed by atoms with van der Waals surface area (Å²) in [5.41, 5.74) is 2.49. The van der Waals surface area contributed by atoms with Gasteiger partial charge in [0.15, 0.2) is 9.84 Å². The number of nitrogens with zero attached hydrogens (tertiary/aromatic N) is 3. The molecule has 3 aliphatic rings. The van der Waals surface area contributed by atoms with Crippen LogP contribution in [0, 0.1) is 5.41 Å². The maximum absolute atomic E-state index is 13.4. The third-order valence-electron chi connectivity index (χ3n) is 7.55. The van der Waals surface area contributed by atoms with Crippen molar-refractivity contribution in [1.82, 2.24) is 4.98 Å². The van der Waals surface area contributed by atoms with E-state index in [4.69, 9.17) is 0 Å². The molecule has 2 N–H and O–H groups in total.